The zero-order valence-electron chi connectivity index (χ0n) is 7.73. The number of carbonyl (C=O) groups is 2. The van der Waals surface area contributed by atoms with Gasteiger partial charge in [-0.2, -0.15) is 0 Å². The third-order valence-electron chi connectivity index (χ3n) is 2.07. The fourth-order valence-corrected chi connectivity index (χ4v) is 2.52. The predicted molar refractivity (Wildman–Crippen MR) is 58.4 cm³/mol. The van der Waals surface area contributed by atoms with Crippen LogP contribution in [0.25, 0.3) is 0 Å². The average Bonchev–Trinajstić information content (AvgIpc) is 2.58. The Kier molecular flexibility index (Phi) is 3.18. The van der Waals surface area contributed by atoms with E-state index < -0.39 is 0 Å². The Hall–Kier alpha value is -0.720. The lowest BCUT2D eigenvalue weighted by Gasteiger charge is -2.24. The highest BCUT2D eigenvalue weighted by atomic mass is 79.9. The first-order valence-corrected chi connectivity index (χ1v) is 5.98. The Morgan fingerprint density at radius 2 is 2.07 bits per heavy atom. The molecule has 2 heterocycles. The fourth-order valence-electron chi connectivity index (χ4n) is 1.30. The molecule has 0 bridgehead atoms. The minimum absolute atomic E-state index is 0.00645. The molecule has 15 heavy (non-hydrogen) atoms. The summed E-state index contributed by atoms with van der Waals surface area (Å²) in [6, 6.07) is 1.89. The van der Waals surface area contributed by atoms with Crippen molar-refractivity contribution < 1.29 is 14.3 Å². The maximum Gasteiger partial charge on any atom is 0.255 e. The molecule has 1 aromatic heterocycles. The first-order chi connectivity index (χ1) is 7.18. The van der Waals surface area contributed by atoms with Gasteiger partial charge in [0.05, 0.1) is 10.3 Å². The van der Waals surface area contributed by atoms with Crippen molar-refractivity contribution in [2.24, 2.45) is 0 Å². The summed E-state index contributed by atoms with van der Waals surface area (Å²) in [4.78, 5) is 24.1. The van der Waals surface area contributed by atoms with Crippen molar-refractivity contribution in [3.05, 3.63) is 20.8 Å². The Bertz CT molecular complexity index is 388. The molecule has 2 amide bonds. The maximum absolute atomic E-state index is 11.4. The summed E-state index contributed by atoms with van der Waals surface area (Å²) in [5.41, 5.74) is 0.948. The number of imide groups is 1. The number of morpholine rings is 1. The van der Waals surface area contributed by atoms with Crippen LogP contribution in [0.4, 0.5) is 0 Å². The smallest absolute Gasteiger partial charge is 0.255 e. The van der Waals surface area contributed by atoms with Gasteiger partial charge in [-0.1, -0.05) is 0 Å². The molecule has 0 saturated carbocycles. The van der Waals surface area contributed by atoms with Crippen molar-refractivity contribution >= 4 is 39.1 Å². The van der Waals surface area contributed by atoms with E-state index >= 15 is 0 Å². The Balaban J connectivity index is 2.13. The minimum atomic E-state index is -0.274. The molecule has 0 aliphatic carbocycles. The normalized spacial score (nSPS) is 17.3. The lowest BCUT2D eigenvalue weighted by atomic mass is 10.3. The van der Waals surface area contributed by atoms with Crippen LogP contribution in [0.1, 0.15) is 5.56 Å². The number of rotatable bonds is 2. The number of nitrogens with zero attached hydrogens (tertiary/aromatic N) is 1. The molecule has 0 unspecified atom stereocenters. The van der Waals surface area contributed by atoms with Crippen LogP contribution in [0, 0.1) is 0 Å². The van der Waals surface area contributed by atoms with Crippen LogP contribution in [0.5, 0.6) is 0 Å². The third kappa shape index (κ3) is 2.27. The Labute approximate surface area is 99.0 Å². The second-order valence-electron chi connectivity index (χ2n) is 3.09. The van der Waals surface area contributed by atoms with Crippen LogP contribution in [0.3, 0.4) is 0 Å². The van der Waals surface area contributed by atoms with Gasteiger partial charge in [-0.05, 0) is 32.9 Å². The molecule has 1 aromatic rings. The lowest BCUT2D eigenvalue weighted by molar-refractivity contribution is -0.159. The molecule has 0 atom stereocenters. The van der Waals surface area contributed by atoms with Gasteiger partial charge in [0, 0.05) is 0 Å². The summed E-state index contributed by atoms with van der Waals surface area (Å²) >= 11 is 4.90. The van der Waals surface area contributed by atoms with E-state index in [1.807, 2.05) is 11.4 Å². The second-order valence-corrected chi connectivity index (χ2v) is 5.32. The van der Waals surface area contributed by atoms with E-state index in [0.29, 0.717) is 6.54 Å². The average molecular weight is 290 g/mol. The number of hydrogen-bond acceptors (Lipinski definition) is 4. The lowest BCUT2D eigenvalue weighted by Crippen LogP contribution is -2.45. The van der Waals surface area contributed by atoms with E-state index in [2.05, 4.69) is 15.9 Å². The monoisotopic (exact) mass is 289 g/mol. The molecule has 1 saturated heterocycles. The molecule has 0 radical (unpaired) electrons. The van der Waals surface area contributed by atoms with Crippen molar-refractivity contribution in [3.8, 4) is 0 Å². The van der Waals surface area contributed by atoms with E-state index in [4.69, 9.17) is 4.74 Å². The highest BCUT2D eigenvalue weighted by molar-refractivity contribution is 9.11. The summed E-state index contributed by atoms with van der Waals surface area (Å²) in [6.07, 6.45) is 0. The molecule has 2 rings (SSSR count). The van der Waals surface area contributed by atoms with E-state index in [-0.39, 0.29) is 25.0 Å². The number of thiophene rings is 1. The van der Waals surface area contributed by atoms with Crippen LogP contribution < -0.4 is 0 Å². The largest absolute Gasteiger partial charge is 0.362 e. The highest BCUT2D eigenvalue weighted by Gasteiger charge is 2.27. The molecular formula is C9H8BrNO3S. The summed E-state index contributed by atoms with van der Waals surface area (Å²) in [5, 5.41) is 1.91. The van der Waals surface area contributed by atoms with E-state index in [1.54, 1.807) is 0 Å². The Morgan fingerprint density at radius 1 is 1.40 bits per heavy atom. The molecule has 1 fully saturated rings. The van der Waals surface area contributed by atoms with Gasteiger partial charge in [0.15, 0.2) is 0 Å². The van der Waals surface area contributed by atoms with Crippen LogP contribution in [-0.4, -0.2) is 29.9 Å². The highest BCUT2D eigenvalue weighted by Crippen LogP contribution is 2.25. The molecule has 1 aliphatic heterocycles. The summed E-state index contributed by atoms with van der Waals surface area (Å²) in [7, 11) is 0. The van der Waals surface area contributed by atoms with Gasteiger partial charge in [-0.25, -0.2) is 0 Å². The molecule has 4 nitrogen and oxygen atoms in total. The van der Waals surface area contributed by atoms with Gasteiger partial charge in [-0.3, -0.25) is 14.5 Å². The van der Waals surface area contributed by atoms with Gasteiger partial charge in [-0.15, -0.1) is 11.3 Å². The van der Waals surface area contributed by atoms with Gasteiger partial charge in [0.25, 0.3) is 11.8 Å². The van der Waals surface area contributed by atoms with Gasteiger partial charge >= 0.3 is 0 Å². The number of ether oxygens (including phenoxy) is 1. The predicted octanol–water partition coefficient (Wildman–Crippen LogP) is 1.40. The van der Waals surface area contributed by atoms with Crippen LogP contribution in [0.15, 0.2) is 15.2 Å². The first-order valence-electron chi connectivity index (χ1n) is 4.31. The standard InChI is InChI=1S/C9H8BrNO3S/c10-9-6(1-2-15-9)3-11-7(12)4-14-5-8(11)13/h1-2H,3-5H2. The van der Waals surface area contributed by atoms with Crippen LogP contribution in [0.2, 0.25) is 0 Å². The number of hydrogen-bond donors (Lipinski definition) is 0. The quantitative estimate of drug-likeness (QED) is 0.773. The SMILES string of the molecule is O=C1COCC(=O)N1Cc1ccsc1Br. The third-order valence-corrected chi connectivity index (χ3v) is 3.89. The van der Waals surface area contributed by atoms with E-state index in [9.17, 15) is 9.59 Å². The minimum Gasteiger partial charge on any atom is -0.362 e. The summed E-state index contributed by atoms with van der Waals surface area (Å²) in [6.45, 7) is 0.312. The van der Waals surface area contributed by atoms with Crippen LogP contribution in [-0.2, 0) is 20.9 Å². The number of carbonyl (C=O) groups excluding carboxylic acids is 2. The first kappa shape index (κ1) is 10.8. The molecule has 0 spiro atoms. The molecule has 0 N–H and O–H groups in total. The van der Waals surface area contributed by atoms with Crippen molar-refractivity contribution in [1.29, 1.82) is 0 Å². The van der Waals surface area contributed by atoms with Gasteiger partial charge in [0.2, 0.25) is 0 Å². The molecule has 0 aromatic carbocycles. The van der Waals surface area contributed by atoms with Crippen LogP contribution >= 0.6 is 27.3 Å². The number of halogens is 1. The van der Waals surface area contributed by atoms with Gasteiger partial charge in [0.1, 0.15) is 13.2 Å². The van der Waals surface area contributed by atoms with Crippen molar-refractivity contribution in [3.63, 3.8) is 0 Å². The second kappa shape index (κ2) is 4.42. The Morgan fingerprint density at radius 3 is 2.60 bits per heavy atom. The molecule has 80 valence electrons. The topological polar surface area (TPSA) is 46.6 Å². The van der Waals surface area contributed by atoms with Crippen molar-refractivity contribution in [1.82, 2.24) is 4.90 Å². The molecular weight excluding hydrogens is 282 g/mol. The summed E-state index contributed by atoms with van der Waals surface area (Å²) < 4.78 is 5.78. The van der Waals surface area contributed by atoms with E-state index in [0.717, 1.165) is 9.35 Å². The van der Waals surface area contributed by atoms with E-state index in [1.165, 1.54) is 16.2 Å². The number of amides is 2. The summed E-state index contributed by atoms with van der Waals surface area (Å²) in [5.74, 6) is -0.547. The molecule has 1 aliphatic rings. The maximum atomic E-state index is 11.4. The van der Waals surface area contributed by atoms with Crippen molar-refractivity contribution in [2.45, 2.75) is 6.54 Å². The zero-order valence-corrected chi connectivity index (χ0v) is 10.1. The van der Waals surface area contributed by atoms with Crippen molar-refractivity contribution in [2.75, 3.05) is 13.2 Å². The van der Waals surface area contributed by atoms with Gasteiger partial charge < -0.3 is 4.74 Å². The fraction of sp³-hybridized carbons (Fsp3) is 0.333. The zero-order chi connectivity index (χ0) is 10.8. The molecule has 6 heteroatoms.